The van der Waals surface area contributed by atoms with Crippen LogP contribution in [0, 0.1) is 6.92 Å². The number of hydrogen-bond acceptors (Lipinski definition) is 5. The Bertz CT molecular complexity index is 683. The number of halogens is 1. The van der Waals surface area contributed by atoms with Crippen LogP contribution in [0.4, 0.5) is 0 Å². The van der Waals surface area contributed by atoms with E-state index in [0.717, 1.165) is 42.4 Å². The zero-order valence-corrected chi connectivity index (χ0v) is 16.3. The maximum absolute atomic E-state index is 12.3. The van der Waals surface area contributed by atoms with Gasteiger partial charge in [0.15, 0.2) is 0 Å². The lowest BCUT2D eigenvalue weighted by Gasteiger charge is -2.29. The molecule has 1 saturated heterocycles. The number of aromatic nitrogens is 1. The highest BCUT2D eigenvalue weighted by Crippen LogP contribution is 2.24. The summed E-state index contributed by atoms with van der Waals surface area (Å²) in [5.41, 5.74) is 3.42. The van der Waals surface area contributed by atoms with Gasteiger partial charge in [-0.15, -0.1) is 23.7 Å². The van der Waals surface area contributed by atoms with Crippen molar-refractivity contribution in [2.75, 3.05) is 39.8 Å². The molecule has 2 aromatic rings. The second-order valence-electron chi connectivity index (χ2n) is 6.31. The number of benzene rings is 1. The van der Waals surface area contributed by atoms with Gasteiger partial charge in [-0.25, -0.2) is 4.98 Å². The SMILES string of the molecule is Cc1ccc(-c2nc(CN(C)CC(=O)N3CCNCC3)cs2)cc1.Cl. The number of carbonyl (C=O) groups is 1. The first kappa shape index (κ1) is 19.8. The molecule has 5 nitrogen and oxygen atoms in total. The maximum Gasteiger partial charge on any atom is 0.236 e. The van der Waals surface area contributed by atoms with E-state index in [1.807, 2.05) is 16.8 Å². The van der Waals surface area contributed by atoms with Crippen LogP contribution >= 0.6 is 23.7 Å². The molecular weight excluding hydrogens is 356 g/mol. The first-order valence-corrected chi connectivity index (χ1v) is 9.18. The number of hydrogen-bond donors (Lipinski definition) is 1. The fraction of sp³-hybridized carbons (Fsp3) is 0.444. The fourth-order valence-electron chi connectivity index (χ4n) is 2.79. The van der Waals surface area contributed by atoms with E-state index >= 15 is 0 Å². The summed E-state index contributed by atoms with van der Waals surface area (Å²) < 4.78 is 0. The van der Waals surface area contributed by atoms with Gasteiger partial charge in [0.05, 0.1) is 12.2 Å². The molecule has 1 aliphatic rings. The summed E-state index contributed by atoms with van der Waals surface area (Å²) in [6.45, 7) is 6.61. The molecular formula is C18H25ClN4OS. The summed E-state index contributed by atoms with van der Waals surface area (Å²) in [5.74, 6) is 0.202. The Hall–Kier alpha value is -1.47. The Morgan fingerprint density at radius 3 is 2.64 bits per heavy atom. The molecule has 0 bridgehead atoms. The Morgan fingerprint density at radius 2 is 1.96 bits per heavy atom. The molecule has 136 valence electrons. The summed E-state index contributed by atoms with van der Waals surface area (Å²) >= 11 is 1.66. The molecule has 1 aromatic carbocycles. The highest BCUT2D eigenvalue weighted by atomic mass is 35.5. The van der Waals surface area contributed by atoms with Crippen LogP contribution in [0.2, 0.25) is 0 Å². The van der Waals surface area contributed by atoms with Gasteiger partial charge in [0.2, 0.25) is 5.91 Å². The molecule has 7 heteroatoms. The maximum atomic E-state index is 12.3. The molecule has 1 fully saturated rings. The lowest BCUT2D eigenvalue weighted by atomic mass is 10.2. The van der Waals surface area contributed by atoms with Crippen LogP contribution in [0.3, 0.4) is 0 Å². The average molecular weight is 381 g/mol. The first-order valence-electron chi connectivity index (χ1n) is 8.30. The number of likely N-dealkylation sites (N-methyl/N-ethyl adjacent to an activating group) is 1. The van der Waals surface area contributed by atoms with Crippen molar-refractivity contribution in [3.8, 4) is 10.6 Å². The molecule has 0 aliphatic carbocycles. The number of nitrogens with zero attached hydrogens (tertiary/aromatic N) is 3. The summed E-state index contributed by atoms with van der Waals surface area (Å²) in [6.07, 6.45) is 0. The zero-order valence-electron chi connectivity index (χ0n) is 14.7. The van der Waals surface area contributed by atoms with E-state index in [9.17, 15) is 4.79 Å². The zero-order chi connectivity index (χ0) is 16.9. The van der Waals surface area contributed by atoms with E-state index in [0.29, 0.717) is 13.1 Å². The molecule has 0 atom stereocenters. The number of thiazole rings is 1. The van der Waals surface area contributed by atoms with Gasteiger partial charge in [0.1, 0.15) is 5.01 Å². The molecule has 0 unspecified atom stereocenters. The molecule has 1 aliphatic heterocycles. The Morgan fingerprint density at radius 1 is 1.28 bits per heavy atom. The van der Waals surface area contributed by atoms with Crippen LogP contribution in [0.1, 0.15) is 11.3 Å². The van der Waals surface area contributed by atoms with Crippen molar-refractivity contribution in [2.24, 2.45) is 0 Å². The van der Waals surface area contributed by atoms with Crippen LogP contribution in [0.5, 0.6) is 0 Å². The highest BCUT2D eigenvalue weighted by molar-refractivity contribution is 7.13. The fourth-order valence-corrected chi connectivity index (χ4v) is 3.60. The van der Waals surface area contributed by atoms with Crippen molar-refractivity contribution in [1.82, 2.24) is 20.1 Å². The molecule has 3 rings (SSSR count). The normalized spacial score (nSPS) is 14.4. The van der Waals surface area contributed by atoms with Crippen molar-refractivity contribution in [1.29, 1.82) is 0 Å². The lowest BCUT2D eigenvalue weighted by Crippen LogP contribution is -2.49. The number of piperazine rings is 1. The van der Waals surface area contributed by atoms with Gasteiger partial charge in [-0.1, -0.05) is 29.8 Å². The molecule has 25 heavy (non-hydrogen) atoms. The topological polar surface area (TPSA) is 48.5 Å². The summed E-state index contributed by atoms with van der Waals surface area (Å²) in [7, 11) is 1.98. The van der Waals surface area contributed by atoms with Crippen molar-refractivity contribution in [3.05, 3.63) is 40.9 Å². The smallest absolute Gasteiger partial charge is 0.236 e. The van der Waals surface area contributed by atoms with Gasteiger partial charge in [-0.3, -0.25) is 9.69 Å². The minimum atomic E-state index is 0. The number of nitrogens with one attached hydrogen (secondary N) is 1. The van der Waals surface area contributed by atoms with Crippen LogP contribution in [0.25, 0.3) is 10.6 Å². The van der Waals surface area contributed by atoms with E-state index in [-0.39, 0.29) is 18.3 Å². The van der Waals surface area contributed by atoms with E-state index in [4.69, 9.17) is 4.98 Å². The Kier molecular flexibility index (Phi) is 7.38. The lowest BCUT2D eigenvalue weighted by molar-refractivity contribution is -0.132. The molecule has 2 heterocycles. The van der Waals surface area contributed by atoms with Crippen molar-refractivity contribution in [3.63, 3.8) is 0 Å². The quantitative estimate of drug-likeness (QED) is 0.865. The van der Waals surface area contributed by atoms with Crippen molar-refractivity contribution < 1.29 is 4.79 Å². The molecule has 0 saturated carbocycles. The first-order chi connectivity index (χ1) is 11.6. The minimum Gasteiger partial charge on any atom is -0.339 e. The van der Waals surface area contributed by atoms with Gasteiger partial charge < -0.3 is 10.2 Å². The van der Waals surface area contributed by atoms with Crippen LogP contribution in [-0.2, 0) is 11.3 Å². The number of carbonyl (C=O) groups excluding carboxylic acids is 1. The standard InChI is InChI=1S/C18H24N4OS.ClH/c1-14-3-5-15(6-4-14)18-20-16(13-24-18)11-21(2)12-17(23)22-9-7-19-8-10-22;/h3-6,13,19H,7-12H2,1-2H3;1H. The summed E-state index contributed by atoms with van der Waals surface area (Å²) in [5, 5.41) is 6.39. The van der Waals surface area contributed by atoms with E-state index < -0.39 is 0 Å². The largest absolute Gasteiger partial charge is 0.339 e. The van der Waals surface area contributed by atoms with E-state index in [1.54, 1.807) is 11.3 Å². The highest BCUT2D eigenvalue weighted by Gasteiger charge is 2.18. The third-order valence-electron chi connectivity index (χ3n) is 4.16. The molecule has 1 aromatic heterocycles. The van der Waals surface area contributed by atoms with Gasteiger partial charge in [0.25, 0.3) is 0 Å². The summed E-state index contributed by atoms with van der Waals surface area (Å²) in [6, 6.07) is 8.43. The van der Waals surface area contributed by atoms with Gasteiger partial charge >= 0.3 is 0 Å². The van der Waals surface area contributed by atoms with Crippen LogP contribution in [0.15, 0.2) is 29.6 Å². The molecule has 1 amide bonds. The average Bonchev–Trinajstić information content (AvgIpc) is 3.04. The van der Waals surface area contributed by atoms with Gasteiger partial charge in [0, 0.05) is 43.7 Å². The molecule has 1 N–H and O–H groups in total. The minimum absolute atomic E-state index is 0. The van der Waals surface area contributed by atoms with Gasteiger partial charge in [-0.2, -0.15) is 0 Å². The van der Waals surface area contributed by atoms with Gasteiger partial charge in [-0.05, 0) is 14.0 Å². The number of amides is 1. The Labute approximate surface area is 159 Å². The van der Waals surface area contributed by atoms with E-state index in [2.05, 4.69) is 41.9 Å². The van der Waals surface area contributed by atoms with Crippen molar-refractivity contribution in [2.45, 2.75) is 13.5 Å². The summed E-state index contributed by atoms with van der Waals surface area (Å²) in [4.78, 5) is 21.0. The third-order valence-corrected chi connectivity index (χ3v) is 5.10. The predicted octanol–water partition coefficient (Wildman–Crippen LogP) is 2.40. The second-order valence-corrected chi connectivity index (χ2v) is 7.17. The number of rotatable bonds is 5. The molecule has 0 radical (unpaired) electrons. The Balaban J connectivity index is 0.00000225. The van der Waals surface area contributed by atoms with Crippen LogP contribution in [-0.4, -0.2) is 60.5 Å². The van der Waals surface area contributed by atoms with E-state index in [1.165, 1.54) is 5.56 Å². The molecule has 0 spiro atoms. The monoisotopic (exact) mass is 380 g/mol. The second kappa shape index (κ2) is 9.29. The van der Waals surface area contributed by atoms with Crippen LogP contribution < -0.4 is 5.32 Å². The predicted molar refractivity (Wildman–Crippen MR) is 105 cm³/mol. The third kappa shape index (κ3) is 5.51. The van der Waals surface area contributed by atoms with Crippen molar-refractivity contribution >= 4 is 29.7 Å². The number of aryl methyl sites for hydroxylation is 1.